The van der Waals surface area contributed by atoms with Crippen molar-refractivity contribution in [3.8, 4) is 0 Å². The summed E-state index contributed by atoms with van der Waals surface area (Å²) >= 11 is 0. The minimum absolute atomic E-state index is 0. The molecule has 0 spiro atoms. The van der Waals surface area contributed by atoms with Crippen molar-refractivity contribution in [3.63, 3.8) is 0 Å². The average molecular weight is 283 g/mol. The summed E-state index contributed by atoms with van der Waals surface area (Å²) < 4.78 is 2.31. The van der Waals surface area contributed by atoms with Crippen LogP contribution in [0, 0.1) is 0 Å². The number of fused-ring (bicyclic) bond motifs is 3. The molecule has 0 fully saturated rings. The van der Waals surface area contributed by atoms with Gasteiger partial charge in [-0.05, 0) is 25.1 Å². The standard InChI is InChI=1S/C14H14N2.2ClH/c1-2-16-13-6-4-3-5-11(13)12-8-7-10(15)9-14(12)16;;/h3-9H,2,15H2,1H3;2*1H. The zero-order chi connectivity index (χ0) is 11.1. The van der Waals surface area contributed by atoms with Gasteiger partial charge in [0.15, 0.2) is 0 Å². The Kier molecular flexibility index (Phi) is 4.49. The van der Waals surface area contributed by atoms with E-state index < -0.39 is 0 Å². The molecular formula is C14H16Cl2N2. The van der Waals surface area contributed by atoms with Gasteiger partial charge in [0.25, 0.3) is 0 Å². The average Bonchev–Trinajstić information content (AvgIpc) is 2.61. The highest BCUT2D eigenvalue weighted by molar-refractivity contribution is 6.08. The lowest BCUT2D eigenvalue weighted by atomic mass is 10.1. The summed E-state index contributed by atoms with van der Waals surface area (Å²) in [5.74, 6) is 0. The smallest absolute Gasteiger partial charge is 0.0511 e. The van der Waals surface area contributed by atoms with E-state index in [-0.39, 0.29) is 24.8 Å². The molecule has 2 aromatic carbocycles. The summed E-state index contributed by atoms with van der Waals surface area (Å²) in [7, 11) is 0. The van der Waals surface area contributed by atoms with Crippen LogP contribution in [0.15, 0.2) is 42.5 Å². The minimum atomic E-state index is 0. The van der Waals surface area contributed by atoms with Gasteiger partial charge < -0.3 is 10.3 Å². The van der Waals surface area contributed by atoms with Gasteiger partial charge in [0.1, 0.15) is 0 Å². The first-order chi connectivity index (χ1) is 7.81. The maximum absolute atomic E-state index is 5.86. The van der Waals surface area contributed by atoms with Crippen LogP contribution in [0.5, 0.6) is 0 Å². The Hall–Kier alpha value is -1.38. The fourth-order valence-electron chi connectivity index (χ4n) is 2.41. The highest BCUT2D eigenvalue weighted by Crippen LogP contribution is 2.29. The molecule has 96 valence electrons. The van der Waals surface area contributed by atoms with Crippen LogP contribution in [0.1, 0.15) is 6.92 Å². The number of benzene rings is 2. The number of aryl methyl sites for hydroxylation is 1. The second kappa shape index (κ2) is 5.51. The number of halogens is 2. The predicted molar refractivity (Wildman–Crippen MR) is 84.0 cm³/mol. The van der Waals surface area contributed by atoms with Gasteiger partial charge in [-0.25, -0.2) is 0 Å². The first kappa shape index (κ1) is 14.7. The van der Waals surface area contributed by atoms with Crippen LogP contribution < -0.4 is 5.73 Å². The molecule has 1 aromatic heterocycles. The molecule has 0 atom stereocenters. The Balaban J connectivity index is 0.000000810. The number of para-hydroxylation sites is 1. The molecule has 0 saturated heterocycles. The lowest BCUT2D eigenvalue weighted by Gasteiger charge is -2.02. The van der Waals surface area contributed by atoms with Crippen molar-refractivity contribution < 1.29 is 0 Å². The molecule has 3 rings (SSSR count). The fraction of sp³-hybridized carbons (Fsp3) is 0.143. The first-order valence-corrected chi connectivity index (χ1v) is 5.57. The number of hydrogen-bond donors (Lipinski definition) is 1. The molecule has 0 aliphatic rings. The van der Waals surface area contributed by atoms with Gasteiger partial charge in [0.2, 0.25) is 0 Å². The second-order valence-electron chi connectivity index (χ2n) is 4.04. The van der Waals surface area contributed by atoms with E-state index in [0.717, 1.165) is 12.2 Å². The molecule has 3 aromatic rings. The van der Waals surface area contributed by atoms with Crippen LogP contribution in [0.4, 0.5) is 5.69 Å². The van der Waals surface area contributed by atoms with Crippen molar-refractivity contribution in [1.82, 2.24) is 4.57 Å². The van der Waals surface area contributed by atoms with Gasteiger partial charge in [-0.2, -0.15) is 0 Å². The van der Waals surface area contributed by atoms with E-state index in [2.05, 4.69) is 47.9 Å². The van der Waals surface area contributed by atoms with E-state index in [1.165, 1.54) is 21.8 Å². The number of aromatic nitrogens is 1. The van der Waals surface area contributed by atoms with E-state index in [0.29, 0.717) is 0 Å². The van der Waals surface area contributed by atoms with Crippen molar-refractivity contribution >= 4 is 52.3 Å². The Labute approximate surface area is 119 Å². The number of nitrogens with zero attached hydrogens (tertiary/aromatic N) is 1. The molecule has 0 bridgehead atoms. The molecule has 18 heavy (non-hydrogen) atoms. The molecule has 0 saturated carbocycles. The van der Waals surface area contributed by atoms with Crippen LogP contribution in [0.3, 0.4) is 0 Å². The first-order valence-electron chi connectivity index (χ1n) is 5.57. The number of anilines is 1. The highest BCUT2D eigenvalue weighted by Gasteiger charge is 2.08. The van der Waals surface area contributed by atoms with E-state index >= 15 is 0 Å². The lowest BCUT2D eigenvalue weighted by Crippen LogP contribution is -1.93. The van der Waals surface area contributed by atoms with E-state index in [1.807, 2.05) is 6.07 Å². The van der Waals surface area contributed by atoms with E-state index in [1.54, 1.807) is 0 Å². The predicted octanol–water partition coefficient (Wildman–Crippen LogP) is 4.24. The highest BCUT2D eigenvalue weighted by atomic mass is 35.5. The van der Waals surface area contributed by atoms with Gasteiger partial charge in [-0.1, -0.05) is 24.3 Å². The Morgan fingerprint density at radius 3 is 2.33 bits per heavy atom. The van der Waals surface area contributed by atoms with Crippen LogP contribution in [0.25, 0.3) is 21.8 Å². The largest absolute Gasteiger partial charge is 0.399 e. The molecule has 0 amide bonds. The van der Waals surface area contributed by atoms with Crippen molar-refractivity contribution in [2.45, 2.75) is 13.5 Å². The number of nitrogens with two attached hydrogens (primary N) is 1. The van der Waals surface area contributed by atoms with Gasteiger partial charge in [0, 0.05) is 28.5 Å². The second-order valence-corrected chi connectivity index (χ2v) is 4.04. The topological polar surface area (TPSA) is 30.9 Å². The fourth-order valence-corrected chi connectivity index (χ4v) is 2.41. The molecule has 0 radical (unpaired) electrons. The van der Waals surface area contributed by atoms with Crippen molar-refractivity contribution in [2.24, 2.45) is 0 Å². The molecular weight excluding hydrogens is 267 g/mol. The molecule has 0 aliphatic heterocycles. The lowest BCUT2D eigenvalue weighted by molar-refractivity contribution is 0.827. The number of rotatable bonds is 1. The van der Waals surface area contributed by atoms with Crippen LogP contribution in [-0.2, 0) is 6.54 Å². The Morgan fingerprint density at radius 1 is 0.944 bits per heavy atom. The van der Waals surface area contributed by atoms with Crippen LogP contribution in [-0.4, -0.2) is 4.57 Å². The third-order valence-corrected chi connectivity index (χ3v) is 3.11. The monoisotopic (exact) mass is 282 g/mol. The summed E-state index contributed by atoms with van der Waals surface area (Å²) in [5.41, 5.74) is 9.19. The van der Waals surface area contributed by atoms with Crippen molar-refractivity contribution in [2.75, 3.05) is 5.73 Å². The summed E-state index contributed by atoms with van der Waals surface area (Å²) in [4.78, 5) is 0. The summed E-state index contributed by atoms with van der Waals surface area (Å²) in [5, 5.41) is 2.59. The quantitative estimate of drug-likeness (QED) is 0.665. The maximum Gasteiger partial charge on any atom is 0.0511 e. The SMILES string of the molecule is CCn1c2ccccc2c2ccc(N)cc21.Cl.Cl. The van der Waals surface area contributed by atoms with E-state index in [4.69, 9.17) is 5.73 Å². The van der Waals surface area contributed by atoms with Crippen molar-refractivity contribution in [3.05, 3.63) is 42.5 Å². The summed E-state index contributed by atoms with van der Waals surface area (Å²) in [6.07, 6.45) is 0. The van der Waals surface area contributed by atoms with Crippen LogP contribution in [0.2, 0.25) is 0 Å². The normalized spacial score (nSPS) is 10.1. The van der Waals surface area contributed by atoms with Gasteiger partial charge in [-0.15, -0.1) is 24.8 Å². The summed E-state index contributed by atoms with van der Waals surface area (Å²) in [6.45, 7) is 3.13. The molecule has 0 aliphatic carbocycles. The Bertz CT molecular complexity index is 674. The summed E-state index contributed by atoms with van der Waals surface area (Å²) in [6, 6.07) is 14.6. The number of hydrogen-bond acceptors (Lipinski definition) is 1. The molecule has 4 heteroatoms. The zero-order valence-corrected chi connectivity index (χ0v) is 11.7. The Morgan fingerprint density at radius 2 is 1.61 bits per heavy atom. The molecule has 1 heterocycles. The number of nitrogen functional groups attached to an aromatic ring is 1. The van der Waals surface area contributed by atoms with Gasteiger partial charge in [0.05, 0.1) is 5.52 Å². The van der Waals surface area contributed by atoms with E-state index in [9.17, 15) is 0 Å². The molecule has 2 N–H and O–H groups in total. The van der Waals surface area contributed by atoms with Gasteiger partial charge in [-0.3, -0.25) is 0 Å². The minimum Gasteiger partial charge on any atom is -0.399 e. The van der Waals surface area contributed by atoms with Crippen molar-refractivity contribution in [1.29, 1.82) is 0 Å². The molecule has 2 nitrogen and oxygen atoms in total. The zero-order valence-electron chi connectivity index (χ0n) is 10.1. The molecule has 0 unspecified atom stereocenters. The van der Waals surface area contributed by atoms with Crippen LogP contribution >= 0.6 is 24.8 Å². The third-order valence-electron chi connectivity index (χ3n) is 3.11. The van der Waals surface area contributed by atoms with Gasteiger partial charge >= 0.3 is 0 Å². The third kappa shape index (κ3) is 2.02. The maximum atomic E-state index is 5.86.